The molecule has 2 aromatic rings. The van der Waals surface area contributed by atoms with Gasteiger partial charge in [0.25, 0.3) is 0 Å². The number of likely N-dealkylation sites (tertiary alicyclic amines) is 2. The summed E-state index contributed by atoms with van der Waals surface area (Å²) >= 11 is 0. The van der Waals surface area contributed by atoms with Crippen LogP contribution >= 0.6 is 0 Å². The SMILES string of the molecule is O=C1CCCN1CC(=O)N1CCC[C@H](c2ncc(Cc3cccc(F)c3)o2)C1. The Hall–Kier alpha value is -2.70. The largest absolute Gasteiger partial charge is 0.445 e. The predicted molar refractivity (Wildman–Crippen MR) is 100 cm³/mol. The number of amides is 2. The van der Waals surface area contributed by atoms with Crippen LogP contribution in [0.2, 0.25) is 0 Å². The summed E-state index contributed by atoms with van der Waals surface area (Å²) in [5, 5.41) is 0. The fraction of sp³-hybridized carbons (Fsp3) is 0.476. The monoisotopic (exact) mass is 385 g/mol. The summed E-state index contributed by atoms with van der Waals surface area (Å²) < 4.78 is 19.3. The van der Waals surface area contributed by atoms with Crippen molar-refractivity contribution in [2.75, 3.05) is 26.2 Å². The first-order valence-electron chi connectivity index (χ1n) is 9.83. The van der Waals surface area contributed by atoms with E-state index in [1.54, 1.807) is 17.2 Å². The van der Waals surface area contributed by atoms with E-state index in [1.165, 1.54) is 12.1 Å². The summed E-state index contributed by atoms with van der Waals surface area (Å²) in [7, 11) is 0. The highest BCUT2D eigenvalue weighted by Crippen LogP contribution is 2.27. The number of benzene rings is 1. The number of carbonyl (C=O) groups is 2. The molecule has 1 aromatic heterocycles. The summed E-state index contributed by atoms with van der Waals surface area (Å²) in [6, 6.07) is 6.44. The van der Waals surface area contributed by atoms with Gasteiger partial charge < -0.3 is 14.2 Å². The summed E-state index contributed by atoms with van der Waals surface area (Å²) in [6.45, 7) is 2.10. The van der Waals surface area contributed by atoms with E-state index in [-0.39, 0.29) is 30.1 Å². The first-order chi connectivity index (χ1) is 13.6. The number of aromatic nitrogens is 1. The van der Waals surface area contributed by atoms with Gasteiger partial charge in [-0.2, -0.15) is 0 Å². The molecule has 2 aliphatic heterocycles. The van der Waals surface area contributed by atoms with E-state index >= 15 is 0 Å². The molecule has 2 fully saturated rings. The number of nitrogens with zero attached hydrogens (tertiary/aromatic N) is 3. The van der Waals surface area contributed by atoms with Gasteiger partial charge in [0.2, 0.25) is 11.8 Å². The zero-order valence-corrected chi connectivity index (χ0v) is 15.8. The molecule has 0 radical (unpaired) electrons. The Morgan fingerprint density at radius 1 is 1.29 bits per heavy atom. The summed E-state index contributed by atoms with van der Waals surface area (Å²) in [5.41, 5.74) is 0.832. The quantitative estimate of drug-likeness (QED) is 0.794. The van der Waals surface area contributed by atoms with Gasteiger partial charge in [0.1, 0.15) is 11.6 Å². The van der Waals surface area contributed by atoms with Crippen LogP contribution in [0.1, 0.15) is 48.8 Å². The molecule has 1 atom stereocenters. The molecule has 0 N–H and O–H groups in total. The van der Waals surface area contributed by atoms with Crippen LogP contribution in [0.3, 0.4) is 0 Å². The van der Waals surface area contributed by atoms with Gasteiger partial charge in [0, 0.05) is 32.5 Å². The van der Waals surface area contributed by atoms with Crippen LogP contribution in [0.5, 0.6) is 0 Å². The molecule has 0 unspecified atom stereocenters. The van der Waals surface area contributed by atoms with Crippen LogP contribution in [0, 0.1) is 5.82 Å². The molecule has 2 amide bonds. The zero-order chi connectivity index (χ0) is 19.5. The predicted octanol–water partition coefficient (Wildman–Crippen LogP) is 2.73. The van der Waals surface area contributed by atoms with Crippen LogP contribution in [0.4, 0.5) is 4.39 Å². The molecule has 148 valence electrons. The fourth-order valence-corrected chi connectivity index (χ4v) is 3.98. The molecule has 0 saturated carbocycles. The van der Waals surface area contributed by atoms with Crippen LogP contribution < -0.4 is 0 Å². The maximum Gasteiger partial charge on any atom is 0.242 e. The lowest BCUT2D eigenvalue weighted by molar-refractivity contribution is -0.139. The van der Waals surface area contributed by atoms with Crippen LogP contribution in [0.25, 0.3) is 0 Å². The first-order valence-corrected chi connectivity index (χ1v) is 9.83. The van der Waals surface area contributed by atoms with E-state index in [2.05, 4.69) is 4.98 Å². The standard InChI is InChI=1S/C21H24FN3O3/c22-17-6-1-4-15(10-17)11-18-12-23-21(28-18)16-5-2-8-24(13-16)20(27)14-25-9-3-7-19(25)26/h1,4,6,10,12,16H,2-3,5,7-9,11,13-14H2/t16-/m0/s1. The Morgan fingerprint density at radius 2 is 2.18 bits per heavy atom. The summed E-state index contributed by atoms with van der Waals surface area (Å²) in [5.74, 6) is 1.15. The van der Waals surface area contributed by atoms with Gasteiger partial charge in [-0.05, 0) is 37.0 Å². The van der Waals surface area contributed by atoms with Crippen LogP contribution in [-0.4, -0.2) is 52.8 Å². The maximum absolute atomic E-state index is 13.3. The normalized spacial score (nSPS) is 20.0. The molecule has 4 rings (SSSR count). The molecule has 6 nitrogen and oxygen atoms in total. The van der Waals surface area contributed by atoms with E-state index in [4.69, 9.17) is 4.42 Å². The van der Waals surface area contributed by atoms with Crippen molar-refractivity contribution in [1.82, 2.24) is 14.8 Å². The Kier molecular flexibility index (Phi) is 5.41. The number of rotatable bonds is 5. The molecular weight excluding hydrogens is 361 g/mol. The van der Waals surface area contributed by atoms with Crippen molar-refractivity contribution in [3.05, 3.63) is 53.5 Å². The molecule has 0 aliphatic carbocycles. The second-order valence-electron chi connectivity index (χ2n) is 7.57. The topological polar surface area (TPSA) is 66.7 Å². The third kappa shape index (κ3) is 4.24. The van der Waals surface area contributed by atoms with Crippen LogP contribution in [0.15, 0.2) is 34.9 Å². The number of halogens is 1. The molecule has 7 heteroatoms. The van der Waals surface area contributed by atoms with Crippen LogP contribution in [-0.2, 0) is 16.0 Å². The van der Waals surface area contributed by atoms with E-state index in [0.717, 1.165) is 24.8 Å². The van der Waals surface area contributed by atoms with Gasteiger partial charge in [-0.25, -0.2) is 9.37 Å². The van der Waals surface area contributed by atoms with Gasteiger partial charge in [-0.15, -0.1) is 0 Å². The zero-order valence-electron chi connectivity index (χ0n) is 15.8. The van der Waals surface area contributed by atoms with Crippen molar-refractivity contribution in [2.24, 2.45) is 0 Å². The Bertz CT molecular complexity index is 866. The van der Waals surface area contributed by atoms with E-state index in [1.807, 2.05) is 11.0 Å². The molecule has 2 saturated heterocycles. The van der Waals surface area contributed by atoms with Crippen molar-refractivity contribution < 1.29 is 18.4 Å². The minimum atomic E-state index is -0.268. The number of oxazole rings is 1. The molecule has 3 heterocycles. The third-order valence-electron chi connectivity index (χ3n) is 5.46. The number of hydrogen-bond donors (Lipinski definition) is 0. The number of piperidine rings is 1. The Labute approximate surface area is 163 Å². The third-order valence-corrected chi connectivity index (χ3v) is 5.46. The lowest BCUT2D eigenvalue weighted by Crippen LogP contribution is -2.45. The highest BCUT2D eigenvalue weighted by atomic mass is 19.1. The summed E-state index contributed by atoms with van der Waals surface area (Å²) in [6.07, 6.45) is 5.33. The lowest BCUT2D eigenvalue weighted by atomic mass is 9.98. The number of carbonyl (C=O) groups excluding carboxylic acids is 2. The van der Waals surface area contributed by atoms with Crippen molar-refractivity contribution >= 4 is 11.8 Å². The van der Waals surface area contributed by atoms with Gasteiger partial charge in [-0.3, -0.25) is 9.59 Å². The average Bonchev–Trinajstić information content (AvgIpc) is 3.31. The molecule has 28 heavy (non-hydrogen) atoms. The molecular formula is C21H24FN3O3. The van der Waals surface area contributed by atoms with Crippen molar-refractivity contribution in [2.45, 2.75) is 38.0 Å². The molecule has 2 aliphatic rings. The van der Waals surface area contributed by atoms with E-state index in [9.17, 15) is 14.0 Å². The second kappa shape index (κ2) is 8.12. The van der Waals surface area contributed by atoms with Crippen molar-refractivity contribution in [1.29, 1.82) is 0 Å². The minimum Gasteiger partial charge on any atom is -0.445 e. The van der Waals surface area contributed by atoms with E-state index in [0.29, 0.717) is 44.1 Å². The number of hydrogen-bond acceptors (Lipinski definition) is 4. The Balaban J connectivity index is 1.37. The molecule has 0 spiro atoms. The van der Waals surface area contributed by atoms with Gasteiger partial charge >= 0.3 is 0 Å². The lowest BCUT2D eigenvalue weighted by Gasteiger charge is -2.32. The smallest absolute Gasteiger partial charge is 0.242 e. The molecule has 0 bridgehead atoms. The first kappa shape index (κ1) is 18.7. The van der Waals surface area contributed by atoms with E-state index < -0.39 is 0 Å². The fourth-order valence-electron chi connectivity index (χ4n) is 3.98. The van der Waals surface area contributed by atoms with Gasteiger partial charge in [-0.1, -0.05) is 12.1 Å². The molecule has 1 aromatic carbocycles. The second-order valence-corrected chi connectivity index (χ2v) is 7.57. The highest BCUT2D eigenvalue weighted by Gasteiger charge is 2.30. The minimum absolute atomic E-state index is 0.00788. The average molecular weight is 385 g/mol. The summed E-state index contributed by atoms with van der Waals surface area (Å²) in [4.78, 5) is 32.2. The van der Waals surface area contributed by atoms with Gasteiger partial charge in [0.05, 0.1) is 18.7 Å². The van der Waals surface area contributed by atoms with Crippen molar-refractivity contribution in [3.63, 3.8) is 0 Å². The van der Waals surface area contributed by atoms with Gasteiger partial charge in [0.15, 0.2) is 5.89 Å². The van der Waals surface area contributed by atoms with Crippen molar-refractivity contribution in [3.8, 4) is 0 Å². The Morgan fingerprint density at radius 3 is 2.96 bits per heavy atom. The maximum atomic E-state index is 13.3. The highest BCUT2D eigenvalue weighted by molar-refractivity contribution is 5.86.